The van der Waals surface area contributed by atoms with Crippen molar-refractivity contribution in [1.29, 1.82) is 0 Å². The molecule has 30 heavy (non-hydrogen) atoms. The Bertz CT molecular complexity index is 1210. The number of carbonyl (C=O) groups is 1. The second kappa shape index (κ2) is 7.98. The van der Waals surface area contributed by atoms with E-state index >= 15 is 0 Å². The molecular formula is C22H23N5O3. The first-order valence-corrected chi connectivity index (χ1v) is 9.75. The number of pyridine rings is 1. The van der Waals surface area contributed by atoms with Crippen LogP contribution in [0.15, 0.2) is 47.1 Å². The van der Waals surface area contributed by atoms with Gasteiger partial charge in [-0.3, -0.25) is 9.48 Å². The molecule has 0 unspecified atom stereocenters. The lowest BCUT2D eigenvalue weighted by Gasteiger charge is -2.16. The lowest BCUT2D eigenvalue weighted by molar-refractivity contribution is 0.0941. The molecule has 0 saturated heterocycles. The third kappa shape index (κ3) is 3.63. The number of ether oxygens (including phenoxy) is 1. The summed E-state index contributed by atoms with van der Waals surface area (Å²) in [6.45, 7) is 6.47. The summed E-state index contributed by atoms with van der Waals surface area (Å²) in [6, 6.07) is 11.0. The van der Waals surface area contributed by atoms with Crippen LogP contribution in [0.3, 0.4) is 0 Å². The van der Waals surface area contributed by atoms with E-state index in [1.807, 2.05) is 50.4 Å². The highest BCUT2D eigenvalue weighted by atomic mass is 16.5. The summed E-state index contributed by atoms with van der Waals surface area (Å²) in [4.78, 5) is 17.7. The monoisotopic (exact) mass is 405 g/mol. The number of hydrogen-bond donors (Lipinski definition) is 1. The van der Waals surface area contributed by atoms with Crippen LogP contribution in [0.2, 0.25) is 0 Å². The molecule has 4 rings (SSSR count). The number of amides is 1. The first-order chi connectivity index (χ1) is 14.5. The molecule has 3 heterocycles. The van der Waals surface area contributed by atoms with Crippen LogP contribution in [-0.2, 0) is 6.54 Å². The van der Waals surface area contributed by atoms with E-state index in [-0.39, 0.29) is 11.9 Å². The van der Waals surface area contributed by atoms with Crippen LogP contribution in [0.5, 0.6) is 5.75 Å². The Morgan fingerprint density at radius 3 is 2.83 bits per heavy atom. The van der Waals surface area contributed by atoms with Gasteiger partial charge < -0.3 is 14.6 Å². The Kier molecular flexibility index (Phi) is 5.22. The number of nitrogens with one attached hydrogen (secondary N) is 1. The van der Waals surface area contributed by atoms with Gasteiger partial charge in [0.1, 0.15) is 11.4 Å². The number of fused-ring (bicyclic) bond motifs is 1. The number of benzene rings is 1. The predicted octanol–water partition coefficient (Wildman–Crippen LogP) is 3.91. The van der Waals surface area contributed by atoms with Gasteiger partial charge in [0.15, 0.2) is 0 Å². The number of nitrogens with zero attached hydrogens (tertiary/aromatic N) is 4. The lowest BCUT2D eigenvalue weighted by atomic mass is 10.1. The molecule has 0 spiro atoms. The van der Waals surface area contributed by atoms with Crippen LogP contribution in [-0.4, -0.2) is 32.9 Å². The Morgan fingerprint density at radius 2 is 2.10 bits per heavy atom. The zero-order valence-electron chi connectivity index (χ0n) is 17.3. The van der Waals surface area contributed by atoms with E-state index in [4.69, 9.17) is 9.26 Å². The van der Waals surface area contributed by atoms with Crippen LogP contribution < -0.4 is 10.1 Å². The van der Waals surface area contributed by atoms with Crippen molar-refractivity contribution in [2.75, 3.05) is 7.11 Å². The average Bonchev–Trinajstić information content (AvgIpc) is 3.40. The quantitative estimate of drug-likeness (QED) is 0.522. The maximum Gasteiger partial charge on any atom is 0.259 e. The summed E-state index contributed by atoms with van der Waals surface area (Å²) in [6.07, 6.45) is 1.87. The summed E-state index contributed by atoms with van der Waals surface area (Å²) < 4.78 is 12.4. The molecule has 0 radical (unpaired) electrons. The van der Waals surface area contributed by atoms with Crippen molar-refractivity contribution in [2.24, 2.45) is 0 Å². The van der Waals surface area contributed by atoms with Gasteiger partial charge in [-0.2, -0.15) is 5.10 Å². The molecule has 3 aromatic heterocycles. The van der Waals surface area contributed by atoms with Crippen molar-refractivity contribution in [1.82, 2.24) is 25.2 Å². The van der Waals surface area contributed by atoms with Crippen LogP contribution in [0, 0.1) is 6.92 Å². The molecule has 1 atom stereocenters. The standard InChI is InChI=1S/C22H23N5O3/c1-5-27-10-9-18(25-27)19-12-17(20-14(3)26-30-22(20)24-19)21(28)23-13(2)15-7-6-8-16(11-15)29-4/h6-13H,5H2,1-4H3,(H,23,28)/t13-/m1/s1. The molecule has 4 aromatic rings. The van der Waals surface area contributed by atoms with E-state index < -0.39 is 0 Å². The fourth-order valence-corrected chi connectivity index (χ4v) is 3.35. The van der Waals surface area contributed by atoms with Gasteiger partial charge in [0, 0.05) is 12.7 Å². The highest BCUT2D eigenvalue weighted by Crippen LogP contribution is 2.27. The number of aryl methyl sites for hydroxylation is 2. The molecule has 8 nitrogen and oxygen atoms in total. The molecule has 0 saturated carbocycles. The predicted molar refractivity (Wildman–Crippen MR) is 112 cm³/mol. The Labute approximate surface area is 173 Å². The van der Waals surface area contributed by atoms with Crippen molar-refractivity contribution < 1.29 is 14.1 Å². The zero-order valence-corrected chi connectivity index (χ0v) is 17.3. The fraction of sp³-hybridized carbons (Fsp3) is 0.273. The molecule has 154 valence electrons. The molecule has 0 aliphatic heterocycles. The van der Waals surface area contributed by atoms with Crippen molar-refractivity contribution in [2.45, 2.75) is 33.4 Å². The van der Waals surface area contributed by atoms with Crippen LogP contribution in [0.1, 0.15) is 41.5 Å². The number of rotatable bonds is 6. The van der Waals surface area contributed by atoms with E-state index in [9.17, 15) is 4.79 Å². The van der Waals surface area contributed by atoms with Crippen LogP contribution >= 0.6 is 0 Å². The normalized spacial score (nSPS) is 12.1. The summed E-state index contributed by atoms with van der Waals surface area (Å²) in [5.74, 6) is 0.503. The molecule has 1 aromatic carbocycles. The molecule has 1 amide bonds. The molecular weight excluding hydrogens is 382 g/mol. The molecule has 0 aliphatic carbocycles. The molecule has 0 bridgehead atoms. The van der Waals surface area contributed by atoms with Gasteiger partial charge >= 0.3 is 0 Å². The zero-order chi connectivity index (χ0) is 21.3. The topological polar surface area (TPSA) is 95.1 Å². The minimum atomic E-state index is -0.236. The minimum Gasteiger partial charge on any atom is -0.497 e. The molecule has 0 fully saturated rings. The third-order valence-electron chi connectivity index (χ3n) is 5.03. The second-order valence-corrected chi connectivity index (χ2v) is 7.03. The SMILES string of the molecule is CCn1ccc(-c2cc(C(=O)N[C@H](C)c3cccc(OC)c3)c3c(C)noc3n2)n1. The van der Waals surface area contributed by atoms with Gasteiger partial charge in [-0.15, -0.1) is 0 Å². The van der Waals surface area contributed by atoms with Crippen molar-refractivity contribution >= 4 is 17.0 Å². The summed E-state index contributed by atoms with van der Waals surface area (Å²) in [7, 11) is 1.62. The van der Waals surface area contributed by atoms with E-state index in [1.165, 1.54) is 0 Å². The number of hydrogen-bond acceptors (Lipinski definition) is 6. The highest BCUT2D eigenvalue weighted by Gasteiger charge is 2.21. The molecule has 8 heteroatoms. The van der Waals surface area contributed by atoms with Crippen molar-refractivity contribution in [3.63, 3.8) is 0 Å². The maximum atomic E-state index is 13.2. The molecule has 0 aliphatic rings. The van der Waals surface area contributed by atoms with E-state index in [1.54, 1.807) is 24.8 Å². The van der Waals surface area contributed by atoms with Gasteiger partial charge in [-0.1, -0.05) is 17.3 Å². The number of carbonyl (C=O) groups excluding carboxylic acids is 1. The maximum absolute atomic E-state index is 13.2. The first kappa shape index (κ1) is 19.6. The smallest absolute Gasteiger partial charge is 0.259 e. The Hall–Kier alpha value is -3.68. The Balaban J connectivity index is 1.71. The van der Waals surface area contributed by atoms with E-state index in [2.05, 4.69) is 20.6 Å². The number of methoxy groups -OCH3 is 1. The number of aromatic nitrogens is 4. The lowest BCUT2D eigenvalue weighted by Crippen LogP contribution is -2.27. The third-order valence-corrected chi connectivity index (χ3v) is 5.03. The van der Waals surface area contributed by atoms with Crippen molar-refractivity contribution in [3.05, 3.63) is 59.4 Å². The first-order valence-electron chi connectivity index (χ1n) is 9.75. The van der Waals surface area contributed by atoms with Crippen molar-refractivity contribution in [3.8, 4) is 17.1 Å². The van der Waals surface area contributed by atoms with Gasteiger partial charge in [0.2, 0.25) is 0 Å². The largest absolute Gasteiger partial charge is 0.497 e. The van der Waals surface area contributed by atoms with E-state index in [0.29, 0.717) is 33.7 Å². The van der Waals surface area contributed by atoms with E-state index in [0.717, 1.165) is 17.9 Å². The average molecular weight is 405 g/mol. The van der Waals surface area contributed by atoms with Gasteiger partial charge in [0.25, 0.3) is 11.6 Å². The Morgan fingerprint density at radius 1 is 1.27 bits per heavy atom. The van der Waals surface area contributed by atoms with Gasteiger partial charge in [-0.05, 0) is 50.6 Å². The van der Waals surface area contributed by atoms with Gasteiger partial charge in [-0.25, -0.2) is 4.98 Å². The summed E-state index contributed by atoms with van der Waals surface area (Å²) >= 11 is 0. The fourth-order valence-electron chi connectivity index (χ4n) is 3.35. The highest BCUT2D eigenvalue weighted by molar-refractivity contribution is 6.07. The second-order valence-electron chi connectivity index (χ2n) is 7.03. The van der Waals surface area contributed by atoms with Gasteiger partial charge in [0.05, 0.1) is 35.5 Å². The molecule has 1 N–H and O–H groups in total. The minimum absolute atomic E-state index is 0.223. The summed E-state index contributed by atoms with van der Waals surface area (Å²) in [5.41, 5.74) is 3.55. The van der Waals surface area contributed by atoms with Crippen LogP contribution in [0.4, 0.5) is 0 Å². The summed E-state index contributed by atoms with van der Waals surface area (Å²) in [5, 5.41) is 12.1. The van der Waals surface area contributed by atoms with Crippen LogP contribution in [0.25, 0.3) is 22.5 Å².